The van der Waals surface area contributed by atoms with Crippen LogP contribution in [0.5, 0.6) is 0 Å². The Hall–Kier alpha value is -0.840. The fraction of sp³-hybridized carbons (Fsp3) is 0.750. The van der Waals surface area contributed by atoms with E-state index in [0.29, 0.717) is 6.42 Å². The second kappa shape index (κ2) is 5.67. The zero-order chi connectivity index (χ0) is 12.3. The number of hydrogen-bond donors (Lipinski definition) is 0. The SMILES string of the molecule is CC(=O)CC(C)Sc1nnc2n1CCCCC2. The summed E-state index contributed by atoms with van der Waals surface area (Å²) in [5, 5.41) is 9.77. The average Bonchev–Trinajstić information content (AvgIpc) is 2.49. The molecule has 0 aliphatic carbocycles. The van der Waals surface area contributed by atoms with Crippen molar-refractivity contribution in [2.45, 2.75) is 62.9 Å². The molecule has 0 saturated heterocycles. The van der Waals surface area contributed by atoms with Crippen molar-refractivity contribution in [2.75, 3.05) is 0 Å². The molecular formula is C12H19N3OS. The zero-order valence-corrected chi connectivity index (χ0v) is 11.3. The molecule has 1 aromatic heterocycles. The van der Waals surface area contributed by atoms with E-state index in [1.807, 2.05) is 0 Å². The number of fused-ring (bicyclic) bond motifs is 1. The number of ketones is 1. The lowest BCUT2D eigenvalue weighted by atomic mass is 10.2. The molecule has 94 valence electrons. The lowest BCUT2D eigenvalue weighted by Crippen LogP contribution is -2.07. The molecule has 17 heavy (non-hydrogen) atoms. The highest BCUT2D eigenvalue weighted by atomic mass is 32.2. The molecule has 1 aliphatic heterocycles. The van der Waals surface area contributed by atoms with Crippen LogP contribution in [0.25, 0.3) is 0 Å². The van der Waals surface area contributed by atoms with Gasteiger partial charge in [-0.1, -0.05) is 25.1 Å². The highest BCUT2D eigenvalue weighted by Gasteiger charge is 2.17. The molecule has 0 radical (unpaired) electrons. The first-order valence-corrected chi connectivity index (χ1v) is 7.13. The van der Waals surface area contributed by atoms with E-state index in [1.165, 1.54) is 19.3 Å². The predicted molar refractivity (Wildman–Crippen MR) is 68.2 cm³/mol. The van der Waals surface area contributed by atoms with Crippen LogP contribution in [0.15, 0.2) is 5.16 Å². The molecule has 0 N–H and O–H groups in total. The monoisotopic (exact) mass is 253 g/mol. The fourth-order valence-corrected chi connectivity index (χ4v) is 3.26. The van der Waals surface area contributed by atoms with Gasteiger partial charge in [0.2, 0.25) is 0 Å². The summed E-state index contributed by atoms with van der Waals surface area (Å²) in [4.78, 5) is 11.1. The number of carbonyl (C=O) groups is 1. The smallest absolute Gasteiger partial charge is 0.191 e. The van der Waals surface area contributed by atoms with Crippen molar-refractivity contribution in [1.82, 2.24) is 14.8 Å². The van der Waals surface area contributed by atoms with E-state index >= 15 is 0 Å². The minimum Gasteiger partial charge on any atom is -0.306 e. The Kier molecular flexibility index (Phi) is 4.20. The number of nitrogens with zero attached hydrogens (tertiary/aromatic N) is 3. The van der Waals surface area contributed by atoms with Crippen molar-refractivity contribution in [2.24, 2.45) is 0 Å². The molecule has 1 atom stereocenters. The van der Waals surface area contributed by atoms with E-state index in [1.54, 1.807) is 18.7 Å². The second-order valence-corrected chi connectivity index (χ2v) is 6.10. The molecule has 1 aromatic rings. The Morgan fingerprint density at radius 3 is 3.00 bits per heavy atom. The van der Waals surface area contributed by atoms with E-state index in [-0.39, 0.29) is 11.0 Å². The standard InChI is InChI=1S/C12H19N3OS/c1-9(16)8-10(2)17-12-14-13-11-6-4-3-5-7-15(11)12/h10H,3-8H2,1-2H3. The Labute approximate surface area is 106 Å². The summed E-state index contributed by atoms with van der Waals surface area (Å²) >= 11 is 1.67. The molecule has 4 nitrogen and oxygen atoms in total. The number of rotatable bonds is 4. The summed E-state index contributed by atoms with van der Waals surface area (Å²) in [7, 11) is 0. The molecule has 0 spiro atoms. The normalized spacial score (nSPS) is 17.3. The van der Waals surface area contributed by atoms with Gasteiger partial charge < -0.3 is 4.57 Å². The van der Waals surface area contributed by atoms with Gasteiger partial charge in [0.25, 0.3) is 0 Å². The third-order valence-corrected chi connectivity index (χ3v) is 4.04. The maximum Gasteiger partial charge on any atom is 0.191 e. The van der Waals surface area contributed by atoms with E-state index < -0.39 is 0 Å². The van der Waals surface area contributed by atoms with Gasteiger partial charge in [-0.25, -0.2) is 0 Å². The van der Waals surface area contributed by atoms with Gasteiger partial charge >= 0.3 is 0 Å². The van der Waals surface area contributed by atoms with Crippen LogP contribution in [0.1, 0.15) is 45.4 Å². The molecule has 0 fully saturated rings. The summed E-state index contributed by atoms with van der Waals surface area (Å²) in [5.41, 5.74) is 0. The van der Waals surface area contributed by atoms with Gasteiger partial charge in [0, 0.05) is 24.6 Å². The Bertz CT molecular complexity index is 402. The number of aryl methyl sites for hydroxylation is 1. The van der Waals surface area contributed by atoms with Gasteiger partial charge in [-0.2, -0.15) is 0 Å². The first-order valence-electron chi connectivity index (χ1n) is 6.25. The maximum absolute atomic E-state index is 11.1. The van der Waals surface area contributed by atoms with Gasteiger partial charge in [0.05, 0.1) is 0 Å². The molecular weight excluding hydrogens is 234 g/mol. The number of carbonyl (C=O) groups excluding carboxylic acids is 1. The van der Waals surface area contributed by atoms with E-state index in [9.17, 15) is 4.79 Å². The Morgan fingerprint density at radius 2 is 2.24 bits per heavy atom. The van der Waals surface area contributed by atoms with Crippen molar-refractivity contribution < 1.29 is 4.79 Å². The van der Waals surface area contributed by atoms with Crippen LogP contribution >= 0.6 is 11.8 Å². The molecule has 1 aliphatic rings. The molecule has 0 saturated carbocycles. The van der Waals surface area contributed by atoms with Gasteiger partial charge in [-0.15, -0.1) is 10.2 Å². The average molecular weight is 253 g/mol. The molecule has 0 aromatic carbocycles. The van der Waals surface area contributed by atoms with E-state index in [4.69, 9.17) is 0 Å². The quantitative estimate of drug-likeness (QED) is 0.773. The number of thioether (sulfide) groups is 1. The summed E-state index contributed by atoms with van der Waals surface area (Å²) in [6.07, 6.45) is 5.34. The van der Waals surface area contributed by atoms with E-state index in [2.05, 4.69) is 21.7 Å². The van der Waals surface area contributed by atoms with Gasteiger partial charge in [0.15, 0.2) is 5.16 Å². The summed E-state index contributed by atoms with van der Waals surface area (Å²) in [6, 6.07) is 0. The molecule has 2 rings (SSSR count). The lowest BCUT2D eigenvalue weighted by Gasteiger charge is -2.10. The molecule has 0 bridgehead atoms. The first kappa shape index (κ1) is 12.6. The second-order valence-electron chi connectivity index (χ2n) is 4.70. The zero-order valence-electron chi connectivity index (χ0n) is 10.5. The Balaban J connectivity index is 2.06. The van der Waals surface area contributed by atoms with Gasteiger partial charge in [-0.05, 0) is 19.8 Å². The first-order chi connectivity index (χ1) is 8.16. The third kappa shape index (κ3) is 3.31. The maximum atomic E-state index is 11.1. The molecule has 1 unspecified atom stereocenters. The predicted octanol–water partition coefficient (Wildman–Crippen LogP) is 2.46. The van der Waals surface area contributed by atoms with Crippen LogP contribution in [0, 0.1) is 0 Å². The number of aromatic nitrogens is 3. The summed E-state index contributed by atoms with van der Waals surface area (Å²) < 4.78 is 2.23. The van der Waals surface area contributed by atoms with Crippen LogP contribution in [0.3, 0.4) is 0 Å². The van der Waals surface area contributed by atoms with Crippen LogP contribution in [-0.2, 0) is 17.8 Å². The van der Waals surface area contributed by atoms with Crippen LogP contribution in [0.2, 0.25) is 0 Å². The fourth-order valence-electron chi connectivity index (χ4n) is 2.17. The van der Waals surface area contributed by atoms with Crippen molar-refractivity contribution in [1.29, 1.82) is 0 Å². The van der Waals surface area contributed by atoms with Crippen molar-refractivity contribution in [3.05, 3.63) is 5.82 Å². The summed E-state index contributed by atoms with van der Waals surface area (Å²) in [6.45, 7) is 4.74. The topological polar surface area (TPSA) is 47.8 Å². The lowest BCUT2D eigenvalue weighted by molar-refractivity contribution is -0.116. The van der Waals surface area contributed by atoms with Crippen molar-refractivity contribution in [3.8, 4) is 0 Å². The van der Waals surface area contributed by atoms with E-state index in [0.717, 1.165) is 23.9 Å². The highest BCUT2D eigenvalue weighted by molar-refractivity contribution is 7.99. The van der Waals surface area contributed by atoms with Crippen molar-refractivity contribution >= 4 is 17.5 Å². The van der Waals surface area contributed by atoms with Crippen molar-refractivity contribution in [3.63, 3.8) is 0 Å². The Morgan fingerprint density at radius 1 is 1.41 bits per heavy atom. The van der Waals surface area contributed by atoms with Crippen LogP contribution in [0.4, 0.5) is 0 Å². The summed E-state index contributed by atoms with van der Waals surface area (Å²) in [5.74, 6) is 1.35. The minimum atomic E-state index is 0.237. The largest absolute Gasteiger partial charge is 0.306 e. The third-order valence-electron chi connectivity index (χ3n) is 2.96. The molecule has 0 amide bonds. The minimum absolute atomic E-state index is 0.237. The molecule has 2 heterocycles. The van der Waals surface area contributed by atoms with Gasteiger partial charge in [-0.3, -0.25) is 4.79 Å². The number of hydrogen-bond acceptors (Lipinski definition) is 4. The van der Waals surface area contributed by atoms with Crippen LogP contribution < -0.4 is 0 Å². The van der Waals surface area contributed by atoms with Crippen LogP contribution in [-0.4, -0.2) is 25.8 Å². The van der Waals surface area contributed by atoms with Gasteiger partial charge in [0.1, 0.15) is 11.6 Å². The number of Topliss-reactive ketones (excluding diaryl/α,β-unsaturated/α-hetero) is 1. The molecule has 5 heteroatoms. The highest BCUT2D eigenvalue weighted by Crippen LogP contribution is 2.26.